The number of phosphoric acid groups is 1. The molecule has 12 nitrogen and oxygen atoms in total. The molecular formula is C40H72NO11P. The normalized spacial score (nSPS) is 31.0. The minimum atomic E-state index is -4.60. The van der Waals surface area contributed by atoms with Gasteiger partial charge in [-0.25, -0.2) is 9.36 Å². The molecule has 4 aliphatic carbocycles. The molecule has 0 radical (unpaired) electrons. The van der Waals surface area contributed by atoms with E-state index in [2.05, 4.69) is 50.5 Å². The lowest BCUT2D eigenvalue weighted by Gasteiger charge is -2.58. The van der Waals surface area contributed by atoms with Crippen LogP contribution in [0.5, 0.6) is 0 Å². The van der Waals surface area contributed by atoms with Gasteiger partial charge in [-0.05, 0) is 97.7 Å². The van der Waals surface area contributed by atoms with Crippen LogP contribution in [0.3, 0.4) is 0 Å². The number of carbonyl (C=O) groups excluding carboxylic acids is 1. The number of amides is 1. The van der Waals surface area contributed by atoms with E-state index in [0.29, 0.717) is 58.0 Å². The number of alkyl carbamates (subject to hydrolysis) is 1. The highest BCUT2D eigenvalue weighted by atomic mass is 31.2. The van der Waals surface area contributed by atoms with Gasteiger partial charge in [0.15, 0.2) is 0 Å². The molecule has 0 bridgehead atoms. The summed E-state index contributed by atoms with van der Waals surface area (Å²) in [5.41, 5.74) is 2.29. The molecular weight excluding hydrogens is 701 g/mol. The summed E-state index contributed by atoms with van der Waals surface area (Å²) in [7, 11) is -4.60. The van der Waals surface area contributed by atoms with E-state index in [1.54, 1.807) is 5.57 Å². The number of rotatable bonds is 24. The summed E-state index contributed by atoms with van der Waals surface area (Å²) in [6.45, 7) is 15.0. The Morgan fingerprint density at radius 2 is 1.55 bits per heavy atom. The fourth-order valence-electron chi connectivity index (χ4n) is 10.4. The topological polar surface area (TPSA) is 162 Å². The van der Waals surface area contributed by atoms with E-state index in [0.717, 1.165) is 54.8 Å². The number of fused-ring (bicyclic) bond motifs is 5. The third-order valence-corrected chi connectivity index (χ3v) is 13.6. The van der Waals surface area contributed by atoms with Gasteiger partial charge in [-0.15, -0.1) is 0 Å². The van der Waals surface area contributed by atoms with Crippen LogP contribution in [0.15, 0.2) is 11.6 Å². The molecule has 0 saturated heterocycles. The van der Waals surface area contributed by atoms with Gasteiger partial charge in [-0.2, -0.15) is 0 Å². The molecule has 1 amide bonds. The van der Waals surface area contributed by atoms with Gasteiger partial charge in [0.05, 0.1) is 52.9 Å². The second-order valence-corrected chi connectivity index (χ2v) is 18.4. The molecule has 0 aromatic rings. The average Bonchev–Trinajstić information content (AvgIpc) is 3.46. The summed E-state index contributed by atoms with van der Waals surface area (Å²) in [4.78, 5) is 29.9. The van der Waals surface area contributed by atoms with Crippen LogP contribution in [0.25, 0.3) is 0 Å². The minimum Gasteiger partial charge on any atom is -0.446 e. The van der Waals surface area contributed by atoms with Crippen molar-refractivity contribution in [3.05, 3.63) is 11.6 Å². The highest BCUT2D eigenvalue weighted by Crippen LogP contribution is 2.67. The highest BCUT2D eigenvalue weighted by Gasteiger charge is 2.59. The van der Waals surface area contributed by atoms with Crippen molar-refractivity contribution in [3.63, 3.8) is 0 Å². The Balaban J connectivity index is 1.02. The Hall–Kier alpha value is -1.08. The molecule has 13 heteroatoms. The first-order valence-corrected chi connectivity index (χ1v) is 22.1. The van der Waals surface area contributed by atoms with Crippen LogP contribution >= 0.6 is 7.82 Å². The standard InChI is InChI=1S/C40H72NO11P/c1-29(2)8-6-9-30(3)35-12-13-36-34-11-10-31-26-33(14-16-39(31,4)37(34)15-17-40(35,36)5)52-38(43)41-18-7-19-47-20-21-48-22-23-49-24-25-50-27-32(42)28-51-53(44,45)46/h10,29-30,32-37,42H,6-9,11-28H2,1-5H3,(H,41,43)(H2,44,45,46)/t30?,32?,33-,34?,35?,36?,37?,39-,40+/m0/s1. The predicted molar refractivity (Wildman–Crippen MR) is 203 cm³/mol. The van der Waals surface area contributed by atoms with Gasteiger partial charge in [0.2, 0.25) is 0 Å². The van der Waals surface area contributed by atoms with Crippen LogP contribution in [0.1, 0.15) is 112 Å². The molecule has 0 aromatic carbocycles. The lowest BCUT2D eigenvalue weighted by Crippen LogP contribution is -2.51. The number of hydrogen-bond acceptors (Lipinski definition) is 9. The van der Waals surface area contributed by atoms with E-state index < -0.39 is 20.5 Å². The maximum Gasteiger partial charge on any atom is 0.469 e. The van der Waals surface area contributed by atoms with Gasteiger partial charge in [-0.3, -0.25) is 4.52 Å². The smallest absolute Gasteiger partial charge is 0.446 e. The molecule has 9 atom stereocenters. The first-order chi connectivity index (χ1) is 25.2. The zero-order valence-corrected chi connectivity index (χ0v) is 34.2. The van der Waals surface area contributed by atoms with Crippen LogP contribution in [-0.4, -0.2) is 99.2 Å². The van der Waals surface area contributed by atoms with Crippen LogP contribution in [0.2, 0.25) is 0 Å². The van der Waals surface area contributed by atoms with E-state index in [-0.39, 0.29) is 30.8 Å². The van der Waals surface area contributed by atoms with Gasteiger partial charge in [-0.1, -0.05) is 65.5 Å². The lowest BCUT2D eigenvalue weighted by atomic mass is 9.47. The Kier molecular flexibility index (Phi) is 18.1. The third kappa shape index (κ3) is 13.5. The van der Waals surface area contributed by atoms with E-state index in [1.807, 2.05) is 0 Å². The van der Waals surface area contributed by atoms with Crippen molar-refractivity contribution < 1.29 is 52.5 Å². The van der Waals surface area contributed by atoms with E-state index >= 15 is 0 Å². The molecule has 53 heavy (non-hydrogen) atoms. The summed E-state index contributed by atoms with van der Waals surface area (Å²) in [5, 5.41) is 12.4. The van der Waals surface area contributed by atoms with Crippen molar-refractivity contribution in [2.45, 2.75) is 124 Å². The van der Waals surface area contributed by atoms with E-state index in [4.69, 9.17) is 33.5 Å². The molecule has 4 rings (SSSR count). The van der Waals surface area contributed by atoms with Gasteiger partial charge in [0.1, 0.15) is 12.2 Å². The summed E-state index contributed by atoms with van der Waals surface area (Å²) >= 11 is 0. The van der Waals surface area contributed by atoms with Gasteiger partial charge < -0.3 is 43.9 Å². The molecule has 0 aromatic heterocycles. The molecule has 4 aliphatic rings. The fraction of sp³-hybridized carbons (Fsp3) is 0.925. The number of ether oxygens (including phenoxy) is 5. The van der Waals surface area contributed by atoms with Crippen molar-refractivity contribution in [2.75, 3.05) is 66.0 Å². The lowest BCUT2D eigenvalue weighted by molar-refractivity contribution is -0.0581. The SMILES string of the molecule is CC(C)CCCC(C)C1CCC2C3CC=C4C[C@@H](OC(=O)NCCCOCCOCCOCCOCC(O)COP(=O)(O)O)CC[C@]4(C)C3CC[C@]12C. The van der Waals surface area contributed by atoms with Crippen LogP contribution in [0.4, 0.5) is 4.79 Å². The van der Waals surface area contributed by atoms with Crippen LogP contribution < -0.4 is 5.32 Å². The summed E-state index contributed by atoms with van der Waals surface area (Å²) in [6, 6.07) is 0. The van der Waals surface area contributed by atoms with Gasteiger partial charge >= 0.3 is 13.9 Å². The Bertz CT molecular complexity index is 1180. The minimum absolute atomic E-state index is 0.0528. The number of phosphoric ester groups is 1. The molecule has 3 saturated carbocycles. The molecule has 0 spiro atoms. The zero-order valence-electron chi connectivity index (χ0n) is 33.3. The first kappa shape index (κ1) is 44.6. The quantitative estimate of drug-likeness (QED) is 0.0452. The number of allylic oxidation sites excluding steroid dienone is 1. The van der Waals surface area contributed by atoms with Gasteiger partial charge in [0, 0.05) is 19.6 Å². The number of nitrogens with one attached hydrogen (secondary N) is 1. The van der Waals surface area contributed by atoms with Crippen molar-refractivity contribution in [1.82, 2.24) is 5.32 Å². The maximum atomic E-state index is 12.7. The zero-order chi connectivity index (χ0) is 38.5. The van der Waals surface area contributed by atoms with Crippen molar-refractivity contribution in [1.29, 1.82) is 0 Å². The number of hydrogen-bond donors (Lipinski definition) is 4. The second-order valence-electron chi connectivity index (χ2n) is 17.2. The number of carbonyl (C=O) groups is 1. The summed E-state index contributed by atoms with van der Waals surface area (Å²) in [5.74, 6) is 4.94. The van der Waals surface area contributed by atoms with Crippen molar-refractivity contribution >= 4 is 13.9 Å². The molecule has 4 N–H and O–H groups in total. The number of aliphatic hydroxyl groups is 1. The molecule has 6 unspecified atom stereocenters. The highest BCUT2D eigenvalue weighted by molar-refractivity contribution is 7.46. The average molecular weight is 774 g/mol. The largest absolute Gasteiger partial charge is 0.469 e. The Morgan fingerprint density at radius 1 is 0.868 bits per heavy atom. The summed E-state index contributed by atoms with van der Waals surface area (Å²) < 4.78 is 42.4. The summed E-state index contributed by atoms with van der Waals surface area (Å²) in [6.07, 6.45) is 15.6. The Morgan fingerprint density at radius 3 is 2.23 bits per heavy atom. The molecule has 0 heterocycles. The van der Waals surface area contributed by atoms with Crippen LogP contribution in [-0.2, 0) is 32.8 Å². The van der Waals surface area contributed by atoms with Crippen LogP contribution in [0, 0.1) is 46.3 Å². The van der Waals surface area contributed by atoms with Crippen molar-refractivity contribution in [2.24, 2.45) is 46.3 Å². The Labute approximate surface area is 319 Å². The van der Waals surface area contributed by atoms with E-state index in [9.17, 15) is 14.5 Å². The predicted octanol–water partition coefficient (Wildman–Crippen LogP) is 7.05. The third-order valence-electron chi connectivity index (χ3n) is 13.1. The molecule has 3 fully saturated rings. The van der Waals surface area contributed by atoms with Crippen molar-refractivity contribution in [3.8, 4) is 0 Å². The maximum absolute atomic E-state index is 12.7. The fourth-order valence-corrected chi connectivity index (χ4v) is 10.8. The molecule has 0 aliphatic heterocycles. The number of aliphatic hydroxyl groups excluding tert-OH is 1. The van der Waals surface area contributed by atoms with E-state index in [1.165, 1.54) is 51.4 Å². The monoisotopic (exact) mass is 773 g/mol. The second kappa shape index (κ2) is 21.4. The van der Waals surface area contributed by atoms with Gasteiger partial charge in [0.25, 0.3) is 0 Å². The first-order valence-electron chi connectivity index (χ1n) is 20.6. The molecule has 308 valence electrons.